The maximum atomic E-state index is 12.2. The molecule has 0 aliphatic heterocycles. The molecular formula is C19H20N2O9. The van der Waals surface area contributed by atoms with Crippen molar-refractivity contribution in [3.05, 3.63) is 35.4 Å². The molecule has 0 fully saturated rings. The molecule has 0 unspecified atom stereocenters. The standard InChI is InChI=1S/C19H20N2O9/c1-3-29-17(26)9-5-15(24)11(7-13(9)22)20-19(28)21-12-8-14(23)10(6-16(12)25)18(27)30-4-2/h5-8,22-25H,3-4H2,1-2H3,(H2,20,21,28). The Labute approximate surface area is 170 Å². The van der Waals surface area contributed by atoms with Crippen molar-refractivity contribution in [1.29, 1.82) is 0 Å². The van der Waals surface area contributed by atoms with Crippen LogP contribution in [0.3, 0.4) is 0 Å². The Morgan fingerprint density at radius 3 is 1.40 bits per heavy atom. The van der Waals surface area contributed by atoms with Crippen LogP contribution in [0, 0.1) is 0 Å². The van der Waals surface area contributed by atoms with Crippen LogP contribution < -0.4 is 10.6 Å². The maximum Gasteiger partial charge on any atom is 0.342 e. The Morgan fingerprint density at radius 2 is 1.07 bits per heavy atom. The molecule has 0 heterocycles. The number of hydrogen-bond donors (Lipinski definition) is 6. The van der Waals surface area contributed by atoms with E-state index in [4.69, 9.17) is 9.47 Å². The molecule has 2 amide bonds. The molecule has 0 aliphatic rings. The quantitative estimate of drug-likeness (QED) is 0.233. The van der Waals surface area contributed by atoms with Crippen LogP contribution in [0.1, 0.15) is 34.6 Å². The maximum absolute atomic E-state index is 12.2. The monoisotopic (exact) mass is 420 g/mol. The largest absolute Gasteiger partial charge is 0.507 e. The number of ether oxygens (including phenoxy) is 2. The van der Waals surface area contributed by atoms with E-state index in [1.807, 2.05) is 0 Å². The zero-order valence-corrected chi connectivity index (χ0v) is 16.1. The molecule has 11 nitrogen and oxygen atoms in total. The Morgan fingerprint density at radius 1 is 0.700 bits per heavy atom. The first-order valence-corrected chi connectivity index (χ1v) is 8.72. The van der Waals surface area contributed by atoms with E-state index in [1.165, 1.54) is 0 Å². The van der Waals surface area contributed by atoms with Gasteiger partial charge in [-0.05, 0) is 13.8 Å². The highest BCUT2D eigenvalue weighted by Gasteiger charge is 2.20. The first kappa shape index (κ1) is 22.1. The Kier molecular flexibility index (Phi) is 6.91. The smallest absolute Gasteiger partial charge is 0.342 e. The zero-order valence-electron chi connectivity index (χ0n) is 16.1. The summed E-state index contributed by atoms with van der Waals surface area (Å²) in [5.74, 6) is -3.86. The molecule has 30 heavy (non-hydrogen) atoms. The fraction of sp³-hybridized carbons (Fsp3) is 0.211. The van der Waals surface area contributed by atoms with Gasteiger partial charge in [0.15, 0.2) is 0 Å². The summed E-state index contributed by atoms with van der Waals surface area (Å²) in [6, 6.07) is 2.73. The van der Waals surface area contributed by atoms with Gasteiger partial charge in [0.1, 0.15) is 34.1 Å². The van der Waals surface area contributed by atoms with E-state index in [-0.39, 0.29) is 35.7 Å². The van der Waals surface area contributed by atoms with Crippen molar-refractivity contribution in [2.45, 2.75) is 13.8 Å². The van der Waals surface area contributed by atoms with Gasteiger partial charge in [-0.3, -0.25) is 0 Å². The second kappa shape index (κ2) is 9.37. The van der Waals surface area contributed by atoms with Crippen LogP contribution in [0.5, 0.6) is 23.0 Å². The average molecular weight is 420 g/mol. The number of carbonyl (C=O) groups excluding carboxylic acids is 3. The summed E-state index contributed by atoms with van der Waals surface area (Å²) in [6.07, 6.45) is 0. The summed E-state index contributed by atoms with van der Waals surface area (Å²) in [5.41, 5.74) is -1.08. The van der Waals surface area contributed by atoms with Crippen LogP contribution in [-0.4, -0.2) is 51.6 Å². The third kappa shape index (κ3) is 5.01. The van der Waals surface area contributed by atoms with Crippen LogP contribution in [0.25, 0.3) is 0 Å². The number of rotatable bonds is 6. The van der Waals surface area contributed by atoms with Crippen molar-refractivity contribution < 1.29 is 44.3 Å². The van der Waals surface area contributed by atoms with Gasteiger partial charge in [0.2, 0.25) is 0 Å². The molecule has 0 bridgehead atoms. The van der Waals surface area contributed by atoms with Gasteiger partial charge >= 0.3 is 18.0 Å². The molecule has 160 valence electrons. The molecule has 0 saturated heterocycles. The van der Waals surface area contributed by atoms with Gasteiger partial charge in [0, 0.05) is 24.3 Å². The van der Waals surface area contributed by atoms with Crippen LogP contribution in [-0.2, 0) is 9.47 Å². The van der Waals surface area contributed by atoms with Crippen LogP contribution >= 0.6 is 0 Å². The van der Waals surface area contributed by atoms with E-state index in [2.05, 4.69) is 10.6 Å². The van der Waals surface area contributed by atoms with Crippen molar-refractivity contribution in [3.8, 4) is 23.0 Å². The lowest BCUT2D eigenvalue weighted by Crippen LogP contribution is -2.20. The predicted molar refractivity (Wildman–Crippen MR) is 104 cm³/mol. The molecule has 0 atom stereocenters. The number of aromatic hydroxyl groups is 4. The summed E-state index contributed by atoms with van der Waals surface area (Å²) in [5, 5.41) is 44.2. The first-order valence-electron chi connectivity index (χ1n) is 8.72. The predicted octanol–water partition coefficient (Wildman–Crippen LogP) is 2.51. The Balaban J connectivity index is 2.18. The van der Waals surface area contributed by atoms with E-state index in [0.29, 0.717) is 0 Å². The molecule has 0 radical (unpaired) electrons. The van der Waals surface area contributed by atoms with Crippen LogP contribution in [0.4, 0.5) is 16.2 Å². The first-order chi connectivity index (χ1) is 14.2. The van der Waals surface area contributed by atoms with Gasteiger partial charge in [-0.2, -0.15) is 0 Å². The summed E-state index contributed by atoms with van der Waals surface area (Å²) < 4.78 is 9.47. The molecule has 11 heteroatoms. The van der Waals surface area contributed by atoms with E-state index in [0.717, 1.165) is 24.3 Å². The van der Waals surface area contributed by atoms with Gasteiger partial charge in [0.25, 0.3) is 0 Å². The number of phenols is 4. The summed E-state index contributed by atoms with van der Waals surface area (Å²) in [4.78, 5) is 35.6. The van der Waals surface area contributed by atoms with Gasteiger partial charge in [0.05, 0.1) is 24.6 Å². The van der Waals surface area contributed by atoms with Crippen molar-refractivity contribution >= 4 is 29.3 Å². The molecule has 0 aliphatic carbocycles. The van der Waals surface area contributed by atoms with Gasteiger partial charge in [-0.1, -0.05) is 0 Å². The van der Waals surface area contributed by atoms with E-state index < -0.39 is 41.0 Å². The second-order valence-electron chi connectivity index (χ2n) is 5.79. The minimum atomic E-state index is -0.966. The lowest BCUT2D eigenvalue weighted by atomic mass is 10.1. The fourth-order valence-electron chi connectivity index (χ4n) is 2.37. The summed E-state index contributed by atoms with van der Waals surface area (Å²) in [6.45, 7) is 3.27. The number of carbonyl (C=O) groups is 3. The third-order valence-electron chi connectivity index (χ3n) is 3.72. The van der Waals surface area contributed by atoms with Gasteiger partial charge in [-0.15, -0.1) is 0 Å². The molecule has 0 saturated carbocycles. The number of esters is 2. The van der Waals surface area contributed by atoms with E-state index in [1.54, 1.807) is 13.8 Å². The summed E-state index contributed by atoms with van der Waals surface area (Å²) in [7, 11) is 0. The molecule has 2 rings (SSSR count). The Bertz CT molecular complexity index is 911. The SMILES string of the molecule is CCOC(=O)c1cc(O)c(NC(=O)Nc2cc(O)c(C(=O)OCC)cc2O)cc1O. The fourth-order valence-corrected chi connectivity index (χ4v) is 2.37. The summed E-state index contributed by atoms with van der Waals surface area (Å²) >= 11 is 0. The van der Waals surface area contributed by atoms with E-state index >= 15 is 0 Å². The second-order valence-corrected chi connectivity index (χ2v) is 5.79. The van der Waals surface area contributed by atoms with Crippen LogP contribution in [0.15, 0.2) is 24.3 Å². The number of nitrogens with one attached hydrogen (secondary N) is 2. The minimum absolute atomic E-state index is 0.0622. The van der Waals surface area contributed by atoms with Crippen molar-refractivity contribution in [3.63, 3.8) is 0 Å². The van der Waals surface area contributed by atoms with Crippen LogP contribution in [0.2, 0.25) is 0 Å². The van der Waals surface area contributed by atoms with Gasteiger partial charge in [-0.25, -0.2) is 14.4 Å². The average Bonchev–Trinajstić information content (AvgIpc) is 2.67. The molecule has 2 aromatic rings. The Hall–Kier alpha value is -4.15. The number of anilines is 2. The minimum Gasteiger partial charge on any atom is -0.507 e. The number of amides is 2. The third-order valence-corrected chi connectivity index (χ3v) is 3.72. The highest BCUT2D eigenvalue weighted by Crippen LogP contribution is 2.34. The van der Waals surface area contributed by atoms with Crippen molar-refractivity contribution in [1.82, 2.24) is 0 Å². The number of benzene rings is 2. The molecule has 0 spiro atoms. The normalized spacial score (nSPS) is 10.2. The number of hydrogen-bond acceptors (Lipinski definition) is 9. The molecule has 6 N–H and O–H groups in total. The zero-order chi connectivity index (χ0) is 22.4. The topological polar surface area (TPSA) is 175 Å². The molecule has 0 aromatic heterocycles. The highest BCUT2D eigenvalue weighted by atomic mass is 16.5. The van der Waals surface area contributed by atoms with Crippen molar-refractivity contribution in [2.75, 3.05) is 23.8 Å². The molecule has 2 aromatic carbocycles. The van der Waals surface area contributed by atoms with E-state index in [9.17, 15) is 34.8 Å². The highest BCUT2D eigenvalue weighted by molar-refractivity contribution is 6.03. The molecular weight excluding hydrogens is 400 g/mol. The van der Waals surface area contributed by atoms with Crippen molar-refractivity contribution in [2.24, 2.45) is 0 Å². The lowest BCUT2D eigenvalue weighted by Gasteiger charge is -2.13. The number of phenolic OH excluding ortho intramolecular Hbond substituents is 4. The lowest BCUT2D eigenvalue weighted by molar-refractivity contribution is 0.0512. The number of urea groups is 1. The van der Waals surface area contributed by atoms with Gasteiger partial charge < -0.3 is 40.5 Å².